The number of nitrogens with zero attached hydrogens (tertiary/aromatic N) is 2. The molecule has 0 bridgehead atoms. The van der Waals surface area contributed by atoms with Crippen molar-refractivity contribution in [1.29, 1.82) is 0 Å². The Morgan fingerprint density at radius 2 is 2.18 bits per heavy atom. The van der Waals surface area contributed by atoms with Gasteiger partial charge in [-0.05, 0) is 32.9 Å². The number of thiazole rings is 1. The number of hydrogen-bond acceptors (Lipinski definition) is 7. The van der Waals surface area contributed by atoms with Gasteiger partial charge in [-0.3, -0.25) is 10.1 Å². The monoisotopic (exact) mass is 338 g/mol. The van der Waals surface area contributed by atoms with Gasteiger partial charge in [0.25, 0.3) is 5.69 Å². The number of aromatic nitrogens is 1. The van der Waals surface area contributed by atoms with Gasteiger partial charge in [-0.2, -0.15) is 0 Å². The van der Waals surface area contributed by atoms with Crippen molar-refractivity contribution in [3.05, 3.63) is 45.0 Å². The maximum Gasteiger partial charge on any atom is 0.338 e. The average molecular weight is 338 g/mol. The summed E-state index contributed by atoms with van der Waals surface area (Å²) in [5.41, 5.74) is 0.906. The van der Waals surface area contributed by atoms with Crippen LogP contribution in [0.3, 0.4) is 0 Å². The summed E-state index contributed by atoms with van der Waals surface area (Å²) in [7, 11) is 0. The van der Waals surface area contributed by atoms with Gasteiger partial charge in [0.1, 0.15) is 0 Å². The first-order valence-corrected chi connectivity index (χ1v) is 8.16. The number of ether oxygens (including phenoxy) is 1. The minimum Gasteiger partial charge on any atom is -0.459 e. The van der Waals surface area contributed by atoms with E-state index in [2.05, 4.69) is 4.98 Å². The van der Waals surface area contributed by atoms with Crippen molar-refractivity contribution in [2.24, 2.45) is 0 Å². The molecule has 0 saturated carbocycles. The zero-order chi connectivity index (χ0) is 16.3. The van der Waals surface area contributed by atoms with Crippen LogP contribution in [0.25, 0.3) is 0 Å². The molecular weight excluding hydrogens is 324 g/mol. The molecule has 0 aliphatic carbocycles. The highest BCUT2D eigenvalue weighted by atomic mass is 32.2. The summed E-state index contributed by atoms with van der Waals surface area (Å²) in [6, 6.07) is 4.32. The van der Waals surface area contributed by atoms with E-state index in [4.69, 9.17) is 4.74 Å². The summed E-state index contributed by atoms with van der Waals surface area (Å²) >= 11 is 2.63. The van der Waals surface area contributed by atoms with E-state index in [1.54, 1.807) is 19.9 Å². The van der Waals surface area contributed by atoms with Crippen molar-refractivity contribution in [2.45, 2.75) is 36.1 Å². The Kier molecular flexibility index (Phi) is 5.15. The molecule has 0 amide bonds. The molecule has 2 rings (SSSR count). The van der Waals surface area contributed by atoms with Crippen LogP contribution in [0, 0.1) is 17.0 Å². The smallest absolute Gasteiger partial charge is 0.338 e. The number of benzene rings is 1. The van der Waals surface area contributed by atoms with Crippen LogP contribution in [-0.2, 0) is 4.74 Å². The topological polar surface area (TPSA) is 82.3 Å². The Balaban J connectivity index is 2.31. The third kappa shape index (κ3) is 4.05. The van der Waals surface area contributed by atoms with Crippen LogP contribution in [0.1, 0.15) is 29.9 Å². The van der Waals surface area contributed by atoms with Crippen molar-refractivity contribution >= 4 is 34.8 Å². The summed E-state index contributed by atoms with van der Waals surface area (Å²) in [4.78, 5) is 27.3. The predicted octanol–water partition coefficient (Wildman–Crippen LogP) is 4.08. The molecule has 0 aliphatic heterocycles. The van der Waals surface area contributed by atoms with Crippen molar-refractivity contribution in [3.63, 3.8) is 0 Å². The van der Waals surface area contributed by atoms with E-state index < -0.39 is 10.9 Å². The normalized spacial score (nSPS) is 10.7. The van der Waals surface area contributed by atoms with Crippen LogP contribution < -0.4 is 0 Å². The van der Waals surface area contributed by atoms with Crippen LogP contribution in [-0.4, -0.2) is 22.0 Å². The molecule has 6 nitrogen and oxygen atoms in total. The molecule has 0 unspecified atom stereocenters. The number of nitro groups is 1. The van der Waals surface area contributed by atoms with Gasteiger partial charge in [0.05, 0.1) is 21.5 Å². The molecule has 1 heterocycles. The third-order valence-corrected chi connectivity index (χ3v) is 4.65. The van der Waals surface area contributed by atoms with E-state index in [0.29, 0.717) is 4.90 Å². The number of aryl methyl sites for hydroxylation is 1. The van der Waals surface area contributed by atoms with Crippen molar-refractivity contribution in [1.82, 2.24) is 4.98 Å². The number of esters is 1. The van der Waals surface area contributed by atoms with Gasteiger partial charge in [-0.1, -0.05) is 11.8 Å². The van der Waals surface area contributed by atoms with Gasteiger partial charge in [0, 0.05) is 17.1 Å². The summed E-state index contributed by atoms with van der Waals surface area (Å²) in [6.07, 6.45) is -0.279. The lowest BCUT2D eigenvalue weighted by Gasteiger charge is -2.08. The summed E-state index contributed by atoms with van der Waals surface area (Å²) in [5, 5.41) is 13.1. The van der Waals surface area contributed by atoms with Gasteiger partial charge >= 0.3 is 5.97 Å². The molecular formula is C14H14N2O4S2. The fraction of sp³-hybridized carbons (Fsp3) is 0.286. The average Bonchev–Trinajstić information content (AvgIpc) is 2.83. The fourth-order valence-corrected chi connectivity index (χ4v) is 3.51. The van der Waals surface area contributed by atoms with Gasteiger partial charge in [0.2, 0.25) is 0 Å². The SMILES string of the molecule is Cc1csc(Sc2ccc(C(=O)OC(C)C)cc2[N+](=O)[O-])n1. The molecule has 0 saturated heterocycles. The van der Waals surface area contributed by atoms with Crippen LogP contribution >= 0.6 is 23.1 Å². The Morgan fingerprint density at radius 1 is 1.45 bits per heavy atom. The lowest BCUT2D eigenvalue weighted by Crippen LogP contribution is -2.11. The molecule has 22 heavy (non-hydrogen) atoms. The molecule has 0 radical (unpaired) electrons. The first-order valence-electron chi connectivity index (χ1n) is 6.46. The molecule has 1 aromatic carbocycles. The maximum atomic E-state index is 11.8. The highest BCUT2D eigenvalue weighted by Crippen LogP contribution is 2.36. The van der Waals surface area contributed by atoms with Crippen molar-refractivity contribution < 1.29 is 14.5 Å². The van der Waals surface area contributed by atoms with E-state index in [1.807, 2.05) is 12.3 Å². The Labute approximate surface area is 135 Å². The molecule has 1 aromatic heterocycles. The highest BCUT2D eigenvalue weighted by Gasteiger charge is 2.20. The largest absolute Gasteiger partial charge is 0.459 e. The molecule has 8 heteroatoms. The molecule has 0 aliphatic rings. The second-order valence-electron chi connectivity index (χ2n) is 4.75. The zero-order valence-corrected chi connectivity index (χ0v) is 13.9. The number of nitro benzene ring substituents is 1. The predicted molar refractivity (Wildman–Crippen MR) is 84.6 cm³/mol. The van der Waals surface area contributed by atoms with Crippen molar-refractivity contribution in [3.8, 4) is 0 Å². The second kappa shape index (κ2) is 6.89. The molecule has 0 N–H and O–H groups in total. The van der Waals surface area contributed by atoms with E-state index in [9.17, 15) is 14.9 Å². The Hall–Kier alpha value is -1.93. The van der Waals surface area contributed by atoms with Crippen molar-refractivity contribution in [2.75, 3.05) is 0 Å². The molecule has 0 spiro atoms. The van der Waals surface area contributed by atoms with Gasteiger partial charge in [-0.15, -0.1) is 11.3 Å². The van der Waals surface area contributed by atoms with Crippen LogP contribution in [0.2, 0.25) is 0 Å². The van der Waals surface area contributed by atoms with Crippen LogP contribution in [0.4, 0.5) is 5.69 Å². The molecule has 2 aromatic rings. The van der Waals surface area contributed by atoms with Gasteiger partial charge in [0.15, 0.2) is 4.34 Å². The van der Waals surface area contributed by atoms with Crippen LogP contribution in [0.5, 0.6) is 0 Å². The lowest BCUT2D eigenvalue weighted by atomic mass is 10.2. The summed E-state index contributed by atoms with van der Waals surface area (Å²) in [6.45, 7) is 5.31. The third-order valence-electron chi connectivity index (χ3n) is 2.53. The quantitative estimate of drug-likeness (QED) is 0.464. The van der Waals surface area contributed by atoms with E-state index in [0.717, 1.165) is 10.0 Å². The van der Waals surface area contributed by atoms with E-state index in [-0.39, 0.29) is 17.4 Å². The second-order valence-corrected chi connectivity index (χ2v) is 6.90. The molecule has 116 valence electrons. The highest BCUT2D eigenvalue weighted by molar-refractivity contribution is 8.01. The number of carbonyl (C=O) groups is 1. The first-order chi connectivity index (χ1) is 10.4. The Morgan fingerprint density at radius 3 is 2.73 bits per heavy atom. The minimum absolute atomic E-state index is 0.129. The number of rotatable bonds is 5. The van der Waals surface area contributed by atoms with E-state index >= 15 is 0 Å². The van der Waals surface area contributed by atoms with Crippen LogP contribution in [0.15, 0.2) is 32.8 Å². The minimum atomic E-state index is -0.570. The summed E-state index contributed by atoms with van der Waals surface area (Å²) < 4.78 is 5.77. The number of hydrogen-bond donors (Lipinski definition) is 0. The zero-order valence-electron chi connectivity index (χ0n) is 12.2. The van der Waals surface area contributed by atoms with Gasteiger partial charge in [-0.25, -0.2) is 9.78 Å². The summed E-state index contributed by atoms with van der Waals surface area (Å²) in [5.74, 6) is -0.570. The lowest BCUT2D eigenvalue weighted by molar-refractivity contribution is -0.387. The van der Waals surface area contributed by atoms with E-state index in [1.165, 1.54) is 35.2 Å². The fourth-order valence-electron chi connectivity index (χ4n) is 1.63. The molecule has 0 atom stereocenters. The molecule has 0 fully saturated rings. The maximum absolute atomic E-state index is 11.8. The standard InChI is InChI=1S/C14H14N2O4S2/c1-8(2)20-13(17)10-4-5-12(11(6-10)16(18)19)22-14-15-9(3)7-21-14/h4-8H,1-3H3. The number of carbonyl (C=O) groups excluding carboxylic acids is 1. The van der Waals surface area contributed by atoms with Gasteiger partial charge < -0.3 is 4.74 Å². The first kappa shape index (κ1) is 16.4. The Bertz CT molecular complexity index is 713.